The van der Waals surface area contributed by atoms with Crippen LogP contribution in [-0.2, 0) is 11.8 Å². The number of nitrogens with zero attached hydrogens (tertiary/aromatic N) is 3. The van der Waals surface area contributed by atoms with E-state index in [0.29, 0.717) is 41.7 Å². The van der Waals surface area contributed by atoms with Gasteiger partial charge in [-0.05, 0) is 61.2 Å². The predicted octanol–water partition coefficient (Wildman–Crippen LogP) is 3.60. The van der Waals surface area contributed by atoms with E-state index in [4.69, 9.17) is 10.5 Å². The van der Waals surface area contributed by atoms with Crippen LogP contribution in [-0.4, -0.2) is 47.8 Å². The van der Waals surface area contributed by atoms with Crippen LogP contribution >= 0.6 is 0 Å². The van der Waals surface area contributed by atoms with Crippen LogP contribution in [0.25, 0.3) is 5.69 Å². The number of nitrogens with one attached hydrogen (secondary N) is 1. The fourth-order valence-corrected chi connectivity index (χ4v) is 4.92. The number of benzene rings is 2. The molecule has 0 radical (unpaired) electrons. The summed E-state index contributed by atoms with van der Waals surface area (Å²) in [7, 11) is 1.59. The molecule has 3 aromatic rings. The number of primary amides is 1. The van der Waals surface area contributed by atoms with E-state index in [2.05, 4.69) is 36.4 Å². The number of carbonyl (C=O) groups excluding carboxylic acids is 2. The number of ether oxygens (including phenoxy) is 1. The van der Waals surface area contributed by atoms with E-state index in [-0.39, 0.29) is 17.0 Å². The molecule has 188 valence electrons. The van der Waals surface area contributed by atoms with Crippen molar-refractivity contribution in [2.45, 2.75) is 51.0 Å². The average molecular weight is 488 g/mol. The smallest absolute Gasteiger partial charge is 0.277 e. The van der Waals surface area contributed by atoms with Crippen molar-refractivity contribution in [3.63, 3.8) is 0 Å². The molecule has 36 heavy (non-hydrogen) atoms. The number of rotatable bonds is 8. The van der Waals surface area contributed by atoms with Gasteiger partial charge in [0.25, 0.3) is 11.8 Å². The summed E-state index contributed by atoms with van der Waals surface area (Å²) in [5, 5.41) is 8.11. The van der Waals surface area contributed by atoms with Gasteiger partial charge in [-0.1, -0.05) is 32.4 Å². The summed E-state index contributed by atoms with van der Waals surface area (Å²) in [5.41, 5.74) is 9.41. The molecule has 2 aromatic carbocycles. The molecule has 1 aromatic heterocycles. The molecule has 2 amide bonds. The van der Waals surface area contributed by atoms with Gasteiger partial charge in [-0.2, -0.15) is 5.10 Å². The van der Waals surface area contributed by atoms with Gasteiger partial charge in [-0.15, -0.1) is 0 Å². The second-order valence-corrected chi connectivity index (χ2v) is 10.3. The number of hydrogen-bond acceptors (Lipinski definition) is 5. The number of nitrogens with two attached hydrogens (primary N) is 1. The molecular weight excluding hydrogens is 454 g/mol. The standard InChI is InChI=1S/C28H33N5O3/c1-28(2,17-30-19-5-4-6-19)18-7-9-20(10-8-18)32-16-15-23-24(26(29)34)31-33(25(23)27(32)35)21-11-13-22(36-3)14-12-21/h7-14,19,30H,4-6,15-17H2,1-3H3,(H2,29,34). The van der Waals surface area contributed by atoms with Crippen LogP contribution in [0.4, 0.5) is 5.69 Å². The lowest BCUT2D eigenvalue weighted by Gasteiger charge is -2.33. The van der Waals surface area contributed by atoms with Crippen LogP contribution in [0.3, 0.4) is 0 Å². The Morgan fingerprint density at radius 2 is 1.78 bits per heavy atom. The average Bonchev–Trinajstić information content (AvgIpc) is 3.24. The lowest BCUT2D eigenvalue weighted by atomic mass is 9.83. The van der Waals surface area contributed by atoms with Gasteiger partial charge in [0, 0.05) is 35.8 Å². The van der Waals surface area contributed by atoms with Crippen LogP contribution in [0.5, 0.6) is 5.75 Å². The highest BCUT2D eigenvalue weighted by molar-refractivity contribution is 6.09. The second-order valence-electron chi connectivity index (χ2n) is 10.3. The summed E-state index contributed by atoms with van der Waals surface area (Å²) in [4.78, 5) is 27.6. The molecule has 8 heteroatoms. The van der Waals surface area contributed by atoms with Gasteiger partial charge in [-0.25, -0.2) is 4.68 Å². The Morgan fingerprint density at radius 1 is 1.11 bits per heavy atom. The van der Waals surface area contributed by atoms with Crippen molar-refractivity contribution in [1.29, 1.82) is 0 Å². The van der Waals surface area contributed by atoms with Crippen molar-refractivity contribution in [1.82, 2.24) is 15.1 Å². The zero-order chi connectivity index (χ0) is 25.4. The van der Waals surface area contributed by atoms with Crippen LogP contribution in [0.2, 0.25) is 0 Å². The van der Waals surface area contributed by atoms with Gasteiger partial charge in [-0.3, -0.25) is 9.59 Å². The SMILES string of the molecule is COc1ccc(-n2nc(C(N)=O)c3c2C(=O)N(c2ccc(C(C)(C)CNC4CCC4)cc2)CC3)cc1. The minimum absolute atomic E-state index is 0.0173. The first-order valence-electron chi connectivity index (χ1n) is 12.5. The first-order chi connectivity index (χ1) is 17.3. The van der Waals surface area contributed by atoms with Gasteiger partial charge < -0.3 is 20.7 Å². The third kappa shape index (κ3) is 4.37. The lowest BCUT2D eigenvalue weighted by molar-refractivity contribution is 0.0972. The van der Waals surface area contributed by atoms with E-state index >= 15 is 0 Å². The fraction of sp³-hybridized carbons (Fsp3) is 0.393. The minimum Gasteiger partial charge on any atom is -0.497 e. The fourth-order valence-electron chi connectivity index (χ4n) is 4.92. The number of anilines is 1. The Labute approximate surface area is 211 Å². The Morgan fingerprint density at radius 3 is 2.36 bits per heavy atom. The lowest BCUT2D eigenvalue weighted by Crippen LogP contribution is -2.42. The Kier molecular flexibility index (Phi) is 6.30. The maximum Gasteiger partial charge on any atom is 0.277 e. The molecule has 1 fully saturated rings. The van der Waals surface area contributed by atoms with Crippen molar-refractivity contribution in [3.05, 3.63) is 71.0 Å². The molecule has 0 unspecified atom stereocenters. The third-order valence-corrected chi connectivity index (χ3v) is 7.47. The van der Waals surface area contributed by atoms with Gasteiger partial charge >= 0.3 is 0 Å². The van der Waals surface area contributed by atoms with E-state index < -0.39 is 5.91 Å². The molecule has 0 saturated heterocycles. The Balaban J connectivity index is 1.42. The predicted molar refractivity (Wildman–Crippen MR) is 139 cm³/mol. The second kappa shape index (κ2) is 9.43. The van der Waals surface area contributed by atoms with E-state index in [9.17, 15) is 9.59 Å². The molecule has 8 nitrogen and oxygen atoms in total. The van der Waals surface area contributed by atoms with Crippen molar-refractivity contribution in [3.8, 4) is 11.4 Å². The van der Waals surface area contributed by atoms with Gasteiger partial charge in [0.15, 0.2) is 5.69 Å². The number of fused-ring (bicyclic) bond motifs is 1. The largest absolute Gasteiger partial charge is 0.497 e. The van der Waals surface area contributed by atoms with Crippen molar-refractivity contribution in [2.24, 2.45) is 5.73 Å². The van der Waals surface area contributed by atoms with Crippen molar-refractivity contribution >= 4 is 17.5 Å². The van der Waals surface area contributed by atoms with Gasteiger partial charge in [0.2, 0.25) is 0 Å². The molecule has 1 aliphatic heterocycles. The zero-order valence-electron chi connectivity index (χ0n) is 21.1. The minimum atomic E-state index is -0.637. The van der Waals surface area contributed by atoms with Crippen molar-refractivity contribution in [2.75, 3.05) is 25.1 Å². The molecule has 3 N–H and O–H groups in total. The molecule has 1 aliphatic carbocycles. The van der Waals surface area contributed by atoms with E-state index in [1.165, 1.54) is 29.5 Å². The monoisotopic (exact) mass is 487 g/mol. The highest BCUT2D eigenvalue weighted by atomic mass is 16.5. The first kappa shape index (κ1) is 24.1. The summed E-state index contributed by atoms with van der Waals surface area (Å²) in [5.74, 6) is -0.152. The van der Waals surface area contributed by atoms with Crippen molar-refractivity contribution < 1.29 is 14.3 Å². The molecule has 2 heterocycles. The van der Waals surface area contributed by atoms with E-state index in [0.717, 1.165) is 12.2 Å². The molecule has 0 spiro atoms. The molecule has 2 aliphatic rings. The molecule has 1 saturated carbocycles. The zero-order valence-corrected chi connectivity index (χ0v) is 21.1. The van der Waals surface area contributed by atoms with Crippen LogP contribution in [0.1, 0.15) is 65.2 Å². The Hall–Kier alpha value is -3.65. The highest BCUT2D eigenvalue weighted by Gasteiger charge is 2.35. The highest BCUT2D eigenvalue weighted by Crippen LogP contribution is 2.31. The number of aromatic nitrogens is 2. The van der Waals surface area contributed by atoms with E-state index in [1.807, 2.05) is 12.1 Å². The quantitative estimate of drug-likeness (QED) is 0.505. The number of amides is 2. The van der Waals surface area contributed by atoms with E-state index in [1.54, 1.807) is 36.3 Å². The maximum atomic E-state index is 13.7. The Bertz CT molecular complexity index is 1270. The summed E-state index contributed by atoms with van der Waals surface area (Å²) in [6, 6.07) is 16.1. The number of methoxy groups -OCH3 is 1. The van der Waals surface area contributed by atoms with Crippen LogP contribution < -0.4 is 20.7 Å². The first-order valence-corrected chi connectivity index (χ1v) is 12.5. The summed E-state index contributed by atoms with van der Waals surface area (Å²) in [6.45, 7) is 5.85. The maximum absolute atomic E-state index is 13.7. The number of carbonyl (C=O) groups is 2. The number of hydrogen-bond donors (Lipinski definition) is 2. The van der Waals surface area contributed by atoms with Crippen LogP contribution in [0, 0.1) is 0 Å². The van der Waals surface area contributed by atoms with Gasteiger partial charge in [0.05, 0.1) is 12.8 Å². The molecular formula is C28H33N5O3. The summed E-state index contributed by atoms with van der Waals surface area (Å²) < 4.78 is 6.76. The van der Waals surface area contributed by atoms with Gasteiger partial charge in [0.1, 0.15) is 11.4 Å². The molecule has 5 rings (SSSR count). The topological polar surface area (TPSA) is 102 Å². The summed E-state index contributed by atoms with van der Waals surface area (Å²) in [6.07, 6.45) is 4.34. The normalized spacial score (nSPS) is 16.0. The third-order valence-electron chi connectivity index (χ3n) is 7.47. The summed E-state index contributed by atoms with van der Waals surface area (Å²) >= 11 is 0. The molecule has 0 atom stereocenters. The molecule has 0 bridgehead atoms. The van der Waals surface area contributed by atoms with Crippen LogP contribution in [0.15, 0.2) is 48.5 Å².